The van der Waals surface area contributed by atoms with Crippen LogP contribution in [0.3, 0.4) is 0 Å². The third kappa shape index (κ3) is 3.62. The van der Waals surface area contributed by atoms with E-state index in [-0.39, 0.29) is 0 Å². The molecule has 0 aliphatic heterocycles. The Morgan fingerprint density at radius 1 is 0.958 bits per heavy atom. The molecule has 0 fully saturated rings. The third-order valence-corrected chi connectivity index (χ3v) is 3.67. The van der Waals surface area contributed by atoms with Crippen LogP contribution < -0.4 is 10.6 Å². The first kappa shape index (κ1) is 15.8. The molecule has 118 valence electrons. The number of nitrogens with zero attached hydrogens (tertiary/aromatic N) is 3. The number of anilines is 4. The van der Waals surface area contributed by atoms with Crippen molar-refractivity contribution in [1.29, 1.82) is 5.26 Å². The lowest BCUT2D eigenvalue weighted by Crippen LogP contribution is -2.00. The van der Waals surface area contributed by atoms with Crippen molar-refractivity contribution in [1.82, 2.24) is 9.97 Å². The number of halogens is 1. The van der Waals surface area contributed by atoms with E-state index in [0.717, 1.165) is 11.3 Å². The lowest BCUT2D eigenvalue weighted by Gasteiger charge is -2.11. The maximum Gasteiger partial charge on any atom is 0.135 e. The van der Waals surface area contributed by atoms with Gasteiger partial charge in [0.1, 0.15) is 24.0 Å². The zero-order valence-corrected chi connectivity index (χ0v) is 13.7. The highest BCUT2D eigenvalue weighted by Gasteiger charge is 2.05. The molecular formula is C18H14ClN5. The molecule has 0 aliphatic carbocycles. The van der Waals surface area contributed by atoms with E-state index in [1.54, 1.807) is 12.1 Å². The van der Waals surface area contributed by atoms with E-state index in [1.165, 1.54) is 6.33 Å². The summed E-state index contributed by atoms with van der Waals surface area (Å²) in [7, 11) is 0. The number of nitrogens with one attached hydrogen (secondary N) is 2. The number of hydrogen-bond donors (Lipinski definition) is 2. The van der Waals surface area contributed by atoms with Gasteiger partial charge < -0.3 is 10.6 Å². The van der Waals surface area contributed by atoms with Crippen molar-refractivity contribution in [3.63, 3.8) is 0 Å². The van der Waals surface area contributed by atoms with Crippen LogP contribution in [-0.2, 0) is 0 Å². The van der Waals surface area contributed by atoms with Crippen molar-refractivity contribution in [3.8, 4) is 6.07 Å². The number of nitriles is 1. The van der Waals surface area contributed by atoms with E-state index in [2.05, 4.69) is 26.7 Å². The monoisotopic (exact) mass is 335 g/mol. The summed E-state index contributed by atoms with van der Waals surface area (Å²) in [5, 5.41) is 16.2. The smallest absolute Gasteiger partial charge is 0.135 e. The van der Waals surface area contributed by atoms with Crippen molar-refractivity contribution in [2.45, 2.75) is 6.92 Å². The molecule has 0 atom stereocenters. The van der Waals surface area contributed by atoms with Crippen LogP contribution in [-0.4, -0.2) is 9.97 Å². The second-order valence-electron chi connectivity index (χ2n) is 5.16. The molecule has 0 spiro atoms. The zero-order chi connectivity index (χ0) is 16.9. The van der Waals surface area contributed by atoms with Gasteiger partial charge in [-0.1, -0.05) is 29.8 Å². The van der Waals surface area contributed by atoms with E-state index in [1.807, 2.05) is 43.3 Å². The fourth-order valence-electron chi connectivity index (χ4n) is 2.19. The standard InChI is InChI=1S/C18H14ClN5/c1-12-6-7-14(19)8-16(12)24-18-9-17(21-11-22-18)23-15-5-3-2-4-13(15)10-20/h2-9,11H,1H3,(H2,21,22,23,24). The molecule has 24 heavy (non-hydrogen) atoms. The maximum atomic E-state index is 9.15. The highest BCUT2D eigenvalue weighted by atomic mass is 35.5. The predicted octanol–water partition coefficient (Wildman–Crippen LogP) is 4.80. The molecule has 0 radical (unpaired) electrons. The molecule has 6 heteroatoms. The summed E-state index contributed by atoms with van der Waals surface area (Å²) < 4.78 is 0. The lowest BCUT2D eigenvalue weighted by molar-refractivity contribution is 1.16. The van der Waals surface area contributed by atoms with Crippen molar-refractivity contribution >= 4 is 34.6 Å². The van der Waals surface area contributed by atoms with Crippen molar-refractivity contribution in [2.75, 3.05) is 10.6 Å². The van der Waals surface area contributed by atoms with Crippen LogP contribution >= 0.6 is 11.6 Å². The SMILES string of the molecule is Cc1ccc(Cl)cc1Nc1cc(Nc2ccccc2C#N)ncn1. The Balaban J connectivity index is 1.84. The van der Waals surface area contributed by atoms with Gasteiger partial charge in [0.15, 0.2) is 0 Å². The summed E-state index contributed by atoms with van der Waals surface area (Å²) in [5.74, 6) is 1.22. The average molecular weight is 336 g/mol. The Bertz CT molecular complexity index is 917. The Hall–Kier alpha value is -3.10. The van der Waals surface area contributed by atoms with Crippen LogP contribution in [0.2, 0.25) is 5.02 Å². The number of rotatable bonds is 4. The molecule has 1 heterocycles. The molecule has 0 bridgehead atoms. The van der Waals surface area contributed by atoms with Crippen LogP contribution in [0.25, 0.3) is 0 Å². The molecule has 0 aliphatic rings. The van der Waals surface area contributed by atoms with Crippen molar-refractivity contribution in [3.05, 3.63) is 71.0 Å². The van der Waals surface area contributed by atoms with Gasteiger partial charge in [-0.3, -0.25) is 0 Å². The zero-order valence-electron chi connectivity index (χ0n) is 12.9. The number of benzene rings is 2. The van der Waals surface area contributed by atoms with E-state index >= 15 is 0 Å². The van der Waals surface area contributed by atoms with Gasteiger partial charge in [0.2, 0.25) is 0 Å². The lowest BCUT2D eigenvalue weighted by atomic mass is 10.2. The summed E-state index contributed by atoms with van der Waals surface area (Å²) in [4.78, 5) is 8.41. The van der Waals surface area contributed by atoms with Crippen LogP contribution in [0.15, 0.2) is 54.9 Å². The van der Waals surface area contributed by atoms with Gasteiger partial charge in [-0.2, -0.15) is 5.26 Å². The fraction of sp³-hybridized carbons (Fsp3) is 0.0556. The highest BCUT2D eigenvalue weighted by Crippen LogP contribution is 2.25. The molecule has 0 saturated heterocycles. The van der Waals surface area contributed by atoms with Crippen molar-refractivity contribution in [2.24, 2.45) is 0 Å². The Labute approximate surface area is 145 Å². The molecule has 1 aromatic heterocycles. The molecule has 3 rings (SSSR count). The average Bonchev–Trinajstić information content (AvgIpc) is 2.59. The Morgan fingerprint density at radius 3 is 2.42 bits per heavy atom. The largest absolute Gasteiger partial charge is 0.340 e. The van der Waals surface area contributed by atoms with Gasteiger partial charge in [0.25, 0.3) is 0 Å². The van der Waals surface area contributed by atoms with Crippen LogP contribution in [0.1, 0.15) is 11.1 Å². The number of aryl methyl sites for hydroxylation is 1. The first-order chi connectivity index (χ1) is 11.7. The van der Waals surface area contributed by atoms with Gasteiger partial charge in [0, 0.05) is 16.8 Å². The third-order valence-electron chi connectivity index (χ3n) is 3.44. The van der Waals surface area contributed by atoms with Gasteiger partial charge >= 0.3 is 0 Å². The Kier molecular flexibility index (Phi) is 4.59. The second kappa shape index (κ2) is 6.99. The molecule has 0 saturated carbocycles. The van der Waals surface area contributed by atoms with Gasteiger partial charge in [-0.15, -0.1) is 0 Å². The molecular weight excluding hydrogens is 322 g/mol. The molecule has 5 nitrogen and oxygen atoms in total. The number of para-hydroxylation sites is 1. The summed E-state index contributed by atoms with van der Waals surface area (Å²) in [6, 6.07) is 16.8. The van der Waals surface area contributed by atoms with Gasteiger partial charge in [0.05, 0.1) is 11.3 Å². The normalized spacial score (nSPS) is 10.0. The minimum Gasteiger partial charge on any atom is -0.340 e. The minimum absolute atomic E-state index is 0.552. The summed E-state index contributed by atoms with van der Waals surface area (Å²) in [6.45, 7) is 1.99. The van der Waals surface area contributed by atoms with E-state index in [4.69, 9.17) is 16.9 Å². The van der Waals surface area contributed by atoms with E-state index in [0.29, 0.717) is 27.9 Å². The van der Waals surface area contributed by atoms with Gasteiger partial charge in [-0.05, 0) is 36.8 Å². The Morgan fingerprint density at radius 2 is 1.67 bits per heavy atom. The van der Waals surface area contributed by atoms with E-state index < -0.39 is 0 Å². The van der Waals surface area contributed by atoms with Crippen molar-refractivity contribution < 1.29 is 0 Å². The van der Waals surface area contributed by atoms with Crippen LogP contribution in [0.5, 0.6) is 0 Å². The van der Waals surface area contributed by atoms with Gasteiger partial charge in [-0.25, -0.2) is 9.97 Å². The highest BCUT2D eigenvalue weighted by molar-refractivity contribution is 6.30. The predicted molar refractivity (Wildman–Crippen MR) is 95.9 cm³/mol. The van der Waals surface area contributed by atoms with Crippen LogP contribution in [0, 0.1) is 18.3 Å². The molecule has 2 N–H and O–H groups in total. The quantitative estimate of drug-likeness (QED) is 0.716. The molecule has 0 unspecified atom stereocenters. The summed E-state index contributed by atoms with van der Waals surface area (Å²) >= 11 is 6.04. The second-order valence-corrected chi connectivity index (χ2v) is 5.59. The first-order valence-corrected chi connectivity index (χ1v) is 7.65. The number of hydrogen-bond acceptors (Lipinski definition) is 5. The minimum atomic E-state index is 0.552. The van der Waals surface area contributed by atoms with E-state index in [9.17, 15) is 0 Å². The molecule has 3 aromatic rings. The number of aromatic nitrogens is 2. The molecule has 2 aromatic carbocycles. The summed E-state index contributed by atoms with van der Waals surface area (Å²) in [6.07, 6.45) is 1.46. The fourth-order valence-corrected chi connectivity index (χ4v) is 2.36. The maximum absolute atomic E-state index is 9.15. The first-order valence-electron chi connectivity index (χ1n) is 7.27. The molecule has 0 amide bonds. The topological polar surface area (TPSA) is 73.6 Å². The summed E-state index contributed by atoms with van der Waals surface area (Å²) in [5.41, 5.74) is 3.19. The van der Waals surface area contributed by atoms with Crippen LogP contribution in [0.4, 0.5) is 23.0 Å².